The summed E-state index contributed by atoms with van der Waals surface area (Å²) in [5.41, 5.74) is 23.2. The molecule has 0 bridgehead atoms. The quantitative estimate of drug-likeness (QED) is 0.127. The first-order valence-electron chi connectivity index (χ1n) is 34.1. The summed E-state index contributed by atoms with van der Waals surface area (Å²) >= 11 is 0. The average molecular weight is 1360 g/mol. The van der Waals surface area contributed by atoms with Crippen molar-refractivity contribution in [3.8, 4) is 22.3 Å². The molecule has 516 valence electrons. The first-order valence-corrected chi connectivity index (χ1v) is 34.1. The van der Waals surface area contributed by atoms with Crippen LogP contribution in [0.15, 0.2) is 249 Å². The van der Waals surface area contributed by atoms with Crippen LogP contribution in [0, 0.1) is 120 Å². The normalized spacial score (nSPS) is 10.5. The van der Waals surface area contributed by atoms with E-state index in [1.54, 1.807) is 0 Å². The van der Waals surface area contributed by atoms with Gasteiger partial charge < -0.3 is 9.13 Å². The largest absolute Gasteiger partial charge is 0.344 e. The van der Waals surface area contributed by atoms with Crippen LogP contribution in [0.2, 0.25) is 0 Å². The molecule has 0 spiro atoms. The first-order chi connectivity index (χ1) is 48.9. The van der Waals surface area contributed by atoms with Crippen molar-refractivity contribution in [3.05, 3.63) is 351 Å². The Morgan fingerprint density at radius 1 is 0.265 bits per heavy atom. The molecule has 10 aromatic carbocycles. The second-order valence-electron chi connectivity index (χ2n) is 25.8. The molecule has 6 heterocycles. The minimum atomic E-state index is -1.33. The standard InChI is InChI=1S/C17H15N.2C14H13N.C14H14.C10H10N2.C8H6F4.2C7H9N/c1-12-15-10-6-7-11-16(15)17(13(2)18-12)14-8-4-3-5-9-14;1-10-7-8-14-12(9-10)11-5-3-4-6-13(11)15(14)2;1-10-7-8-12-11-5-3-4-6-13(11)15(2)14(12)9-10;1-11-8-12(2)10-14(9-11)13-6-4-3-5-7-13;1-7-9-5-3-4-6-10(9)12-8(2)11-7;1-3-5(9)7(11)4(2)8(12)6(3)10;1-6-3-7(2)5-8-4-6;1-6-4-3-5-7(2)8-6/h3-11H,1-2H3;2*3-9H,1-2H3;3-10H,1-2H3;3-6H,1-2H3;1-2H3;2*3-5H,1-2H3. The van der Waals surface area contributed by atoms with Crippen molar-refractivity contribution in [1.82, 2.24) is 34.1 Å². The van der Waals surface area contributed by atoms with Crippen LogP contribution in [0.1, 0.15) is 78.8 Å². The lowest BCUT2D eigenvalue weighted by atomic mass is 9.96. The molecule has 16 rings (SSSR count). The SMILES string of the molecule is Cc1c(F)c(F)c(C)c(F)c1F.Cc1cc(C)cc(-c2ccccc2)c1.Cc1ccc2c(c1)c1ccccc1n2C.Cc1ccc2c3ccccc3n(C)c2c1.Cc1cccc(C)n1.Cc1cncc(C)c1.Cc1nc(C)c2ccccc2c1-c1ccccc1.Cc1nc(C)c2ccccc2n1. The fourth-order valence-corrected chi connectivity index (χ4v) is 12.5. The van der Waals surface area contributed by atoms with Crippen LogP contribution in [-0.4, -0.2) is 34.1 Å². The van der Waals surface area contributed by atoms with E-state index in [-0.39, 0.29) is 0 Å². The zero-order valence-corrected chi connectivity index (χ0v) is 61.3. The molecule has 0 saturated carbocycles. The van der Waals surface area contributed by atoms with Crippen molar-refractivity contribution in [2.75, 3.05) is 0 Å². The molecule has 0 aliphatic carbocycles. The molecule has 0 aliphatic rings. The molecule has 0 unspecified atom stereocenters. The van der Waals surface area contributed by atoms with E-state index in [4.69, 9.17) is 0 Å². The van der Waals surface area contributed by atoms with Gasteiger partial charge in [-0.05, 0) is 184 Å². The number of rotatable bonds is 2. The second kappa shape index (κ2) is 34.6. The summed E-state index contributed by atoms with van der Waals surface area (Å²) in [7, 11) is 4.25. The number of para-hydroxylation sites is 3. The Morgan fingerprint density at radius 2 is 0.686 bits per heavy atom. The third-order valence-corrected chi connectivity index (χ3v) is 17.5. The summed E-state index contributed by atoms with van der Waals surface area (Å²) in [6.45, 7) is 26.7. The number of nitrogens with zero attached hydrogens (tertiary/aromatic N) is 7. The van der Waals surface area contributed by atoms with Crippen LogP contribution in [-0.2, 0) is 14.1 Å². The topological polar surface area (TPSA) is 74.3 Å². The van der Waals surface area contributed by atoms with Crippen molar-refractivity contribution in [3.63, 3.8) is 0 Å². The lowest BCUT2D eigenvalue weighted by Crippen LogP contribution is -2.02. The van der Waals surface area contributed by atoms with Gasteiger partial charge in [-0.15, -0.1) is 0 Å². The van der Waals surface area contributed by atoms with E-state index >= 15 is 0 Å². The molecule has 0 saturated heterocycles. The van der Waals surface area contributed by atoms with E-state index in [0.29, 0.717) is 0 Å². The highest BCUT2D eigenvalue weighted by Gasteiger charge is 2.20. The van der Waals surface area contributed by atoms with Gasteiger partial charge in [0.15, 0.2) is 23.3 Å². The van der Waals surface area contributed by atoms with E-state index in [9.17, 15) is 17.6 Å². The zero-order valence-electron chi connectivity index (χ0n) is 61.3. The number of hydrogen-bond acceptors (Lipinski definition) is 5. The number of aromatic nitrogens is 7. The van der Waals surface area contributed by atoms with Crippen molar-refractivity contribution in [1.29, 1.82) is 0 Å². The predicted octanol–water partition coefficient (Wildman–Crippen LogP) is 24.3. The molecule has 11 heteroatoms. The van der Waals surface area contributed by atoms with Crippen LogP contribution >= 0.6 is 0 Å². The molecular weight excluding hydrogens is 1270 g/mol. The highest BCUT2D eigenvalue weighted by atomic mass is 19.2. The summed E-state index contributed by atoms with van der Waals surface area (Å²) in [6.07, 6.45) is 3.71. The lowest BCUT2D eigenvalue weighted by molar-refractivity contribution is 0.436. The van der Waals surface area contributed by atoms with E-state index in [0.717, 1.165) is 59.0 Å². The molecule has 6 aromatic heterocycles. The van der Waals surface area contributed by atoms with Crippen molar-refractivity contribution >= 4 is 65.3 Å². The van der Waals surface area contributed by atoms with E-state index < -0.39 is 34.4 Å². The Bertz CT molecular complexity index is 5340. The van der Waals surface area contributed by atoms with Gasteiger partial charge in [0.05, 0.1) is 5.52 Å². The Labute approximate surface area is 598 Å². The maximum absolute atomic E-state index is 12.7. The van der Waals surface area contributed by atoms with Gasteiger partial charge in [-0.2, -0.15) is 0 Å². The number of hydrogen-bond donors (Lipinski definition) is 0. The Balaban J connectivity index is 0.000000137. The van der Waals surface area contributed by atoms with Gasteiger partial charge in [0.25, 0.3) is 0 Å². The molecule has 0 atom stereocenters. The second-order valence-corrected chi connectivity index (χ2v) is 25.8. The number of halogens is 4. The van der Waals surface area contributed by atoms with Gasteiger partial charge in [0.1, 0.15) is 5.82 Å². The summed E-state index contributed by atoms with van der Waals surface area (Å²) in [4.78, 5) is 21.5. The average Bonchev–Trinajstić information content (AvgIpc) is 1.51. The summed E-state index contributed by atoms with van der Waals surface area (Å²) in [5.74, 6) is -4.47. The van der Waals surface area contributed by atoms with E-state index in [1.807, 2.05) is 109 Å². The van der Waals surface area contributed by atoms with Gasteiger partial charge in [0.2, 0.25) is 0 Å². The molecule has 7 nitrogen and oxygen atoms in total. The monoisotopic (exact) mass is 1360 g/mol. The minimum absolute atomic E-state index is 0.629. The molecule has 0 radical (unpaired) electrons. The van der Waals surface area contributed by atoms with Gasteiger partial charge >= 0.3 is 0 Å². The predicted molar refractivity (Wildman–Crippen MR) is 421 cm³/mol. The lowest BCUT2D eigenvalue weighted by Gasteiger charge is -2.12. The molecule has 0 aliphatic heterocycles. The van der Waals surface area contributed by atoms with Gasteiger partial charge in [-0.1, -0.05) is 205 Å². The zero-order chi connectivity index (χ0) is 73.3. The van der Waals surface area contributed by atoms with Crippen LogP contribution in [0.25, 0.3) is 87.5 Å². The van der Waals surface area contributed by atoms with E-state index in [1.165, 1.54) is 110 Å². The summed E-state index contributed by atoms with van der Waals surface area (Å²) < 4.78 is 55.1. The number of aryl methyl sites for hydroxylation is 14. The van der Waals surface area contributed by atoms with Crippen LogP contribution in [0.4, 0.5) is 17.6 Å². The first kappa shape index (κ1) is 74.8. The van der Waals surface area contributed by atoms with Crippen LogP contribution in [0.5, 0.6) is 0 Å². The fourth-order valence-electron chi connectivity index (χ4n) is 12.5. The van der Waals surface area contributed by atoms with E-state index in [2.05, 4.69) is 272 Å². The molecular formula is C91H89F4N7. The molecule has 0 amide bonds. The van der Waals surface area contributed by atoms with Crippen LogP contribution < -0.4 is 0 Å². The Kier molecular flexibility index (Phi) is 25.3. The number of benzene rings is 10. The summed E-state index contributed by atoms with van der Waals surface area (Å²) in [6, 6.07) is 82.6. The molecule has 102 heavy (non-hydrogen) atoms. The number of pyridine rings is 3. The third-order valence-electron chi connectivity index (χ3n) is 17.5. The van der Waals surface area contributed by atoms with Gasteiger partial charge in [-0.25, -0.2) is 27.5 Å². The smallest absolute Gasteiger partial charge is 0.165 e. The fraction of sp³-hybridized carbons (Fsp3) is 0.176. The third kappa shape index (κ3) is 18.7. The molecule has 0 fully saturated rings. The van der Waals surface area contributed by atoms with Gasteiger partial charge in [0, 0.05) is 126 Å². The van der Waals surface area contributed by atoms with Crippen molar-refractivity contribution in [2.24, 2.45) is 14.1 Å². The highest BCUT2D eigenvalue weighted by molar-refractivity contribution is 6.09. The Morgan fingerprint density at radius 3 is 1.22 bits per heavy atom. The summed E-state index contributed by atoms with van der Waals surface area (Å²) in [5, 5.41) is 9.05. The van der Waals surface area contributed by atoms with Crippen molar-refractivity contribution in [2.45, 2.75) is 96.9 Å². The maximum atomic E-state index is 12.7. The highest BCUT2D eigenvalue weighted by Crippen LogP contribution is 2.34. The molecule has 16 aromatic rings. The number of fused-ring (bicyclic) bond motifs is 8. The van der Waals surface area contributed by atoms with Crippen molar-refractivity contribution < 1.29 is 17.6 Å². The Hall–Kier alpha value is -11.4. The minimum Gasteiger partial charge on any atom is -0.344 e. The van der Waals surface area contributed by atoms with Gasteiger partial charge in [-0.3, -0.25) is 15.0 Å². The maximum Gasteiger partial charge on any atom is 0.165 e. The molecule has 0 N–H and O–H groups in total. The van der Waals surface area contributed by atoms with Crippen LogP contribution in [0.3, 0.4) is 0 Å².